The van der Waals surface area contributed by atoms with Crippen LogP contribution < -0.4 is 14.4 Å². The van der Waals surface area contributed by atoms with E-state index >= 15 is 0 Å². The number of para-hydroxylation sites is 1. The summed E-state index contributed by atoms with van der Waals surface area (Å²) < 4.78 is 34.0. The Morgan fingerprint density at radius 1 is 0.914 bits per heavy atom. The van der Waals surface area contributed by atoms with Gasteiger partial charge in [0.25, 0.3) is 10.0 Å². The molecular formula is C26H19ClN2O4S2. The van der Waals surface area contributed by atoms with Gasteiger partial charge in [-0.1, -0.05) is 41.9 Å². The van der Waals surface area contributed by atoms with Crippen LogP contribution in [0, 0.1) is 0 Å². The summed E-state index contributed by atoms with van der Waals surface area (Å²) >= 11 is 7.18. The molecule has 2 heterocycles. The Kier molecular flexibility index (Phi) is 6.34. The van der Waals surface area contributed by atoms with Crippen molar-refractivity contribution in [3.05, 3.63) is 117 Å². The average molecular weight is 523 g/mol. The van der Waals surface area contributed by atoms with Crippen molar-refractivity contribution in [2.24, 2.45) is 0 Å². The lowest BCUT2D eigenvalue weighted by atomic mass is 10.2. The number of benzene rings is 3. The van der Waals surface area contributed by atoms with Crippen molar-refractivity contribution in [2.45, 2.75) is 6.54 Å². The fraction of sp³-hybridized carbons (Fsp3) is 0.0385. The van der Waals surface area contributed by atoms with E-state index in [9.17, 15) is 13.2 Å². The predicted molar refractivity (Wildman–Crippen MR) is 140 cm³/mol. The molecule has 9 heteroatoms. The number of fused-ring (bicyclic) bond motifs is 1. The smallest absolute Gasteiger partial charge is 0.270 e. The summed E-state index contributed by atoms with van der Waals surface area (Å²) in [7, 11) is -4.09. The molecule has 0 saturated heterocycles. The first kappa shape index (κ1) is 23.2. The molecular weight excluding hydrogens is 504 g/mol. The minimum atomic E-state index is -4.09. The molecule has 1 aliphatic rings. The lowest BCUT2D eigenvalue weighted by molar-refractivity contribution is 0.104. The van der Waals surface area contributed by atoms with Crippen molar-refractivity contribution in [2.75, 3.05) is 9.62 Å². The molecule has 0 unspecified atom stereocenters. The van der Waals surface area contributed by atoms with Crippen molar-refractivity contribution >= 4 is 50.1 Å². The predicted octanol–water partition coefficient (Wildman–Crippen LogP) is 6.68. The second-order valence-electron chi connectivity index (χ2n) is 7.69. The number of Topliss-reactive ketones (excluding diaryl/α,β-unsaturated/α-hetero) is 1. The molecule has 6 nitrogen and oxygen atoms in total. The maximum atomic E-state index is 13.5. The largest absolute Gasteiger partial charge is 0.457 e. The molecule has 0 atom stereocenters. The molecule has 5 rings (SSSR count). The molecule has 1 aliphatic heterocycles. The van der Waals surface area contributed by atoms with Crippen LogP contribution in [0.4, 0.5) is 11.4 Å². The van der Waals surface area contributed by atoms with Gasteiger partial charge in [-0.25, -0.2) is 8.42 Å². The molecule has 0 aliphatic carbocycles. The van der Waals surface area contributed by atoms with E-state index in [4.69, 9.17) is 16.3 Å². The highest BCUT2D eigenvalue weighted by Crippen LogP contribution is 2.39. The van der Waals surface area contributed by atoms with E-state index in [2.05, 4.69) is 5.32 Å². The number of ether oxygens (including phenoxy) is 1. The molecule has 1 aromatic heterocycles. The lowest BCUT2D eigenvalue weighted by Gasteiger charge is -2.29. The van der Waals surface area contributed by atoms with E-state index in [1.165, 1.54) is 21.8 Å². The van der Waals surface area contributed by atoms with Gasteiger partial charge >= 0.3 is 0 Å². The van der Waals surface area contributed by atoms with Crippen molar-refractivity contribution in [3.63, 3.8) is 0 Å². The minimum absolute atomic E-state index is 0.0827. The summed E-state index contributed by atoms with van der Waals surface area (Å²) in [5.41, 5.74) is 1.75. The second kappa shape index (κ2) is 9.58. The van der Waals surface area contributed by atoms with Crippen molar-refractivity contribution in [1.29, 1.82) is 0 Å². The summed E-state index contributed by atoms with van der Waals surface area (Å²) in [5, 5.41) is 5.23. The number of hydrogen-bond acceptors (Lipinski definition) is 6. The summed E-state index contributed by atoms with van der Waals surface area (Å²) in [6, 6.07) is 25.0. The zero-order valence-electron chi connectivity index (χ0n) is 18.2. The minimum Gasteiger partial charge on any atom is -0.457 e. The molecule has 35 heavy (non-hydrogen) atoms. The van der Waals surface area contributed by atoms with Crippen LogP contribution in [0.2, 0.25) is 5.02 Å². The molecule has 0 spiro atoms. The van der Waals surface area contributed by atoms with Crippen molar-refractivity contribution in [1.82, 2.24) is 0 Å². The van der Waals surface area contributed by atoms with E-state index < -0.39 is 15.8 Å². The number of ketones is 1. The first-order valence-electron chi connectivity index (χ1n) is 10.6. The van der Waals surface area contributed by atoms with E-state index in [0.29, 0.717) is 32.8 Å². The Balaban J connectivity index is 1.40. The second-order valence-corrected chi connectivity index (χ2v) is 10.9. The summed E-state index contributed by atoms with van der Waals surface area (Å²) in [5.74, 6) is 0.814. The van der Waals surface area contributed by atoms with E-state index in [1.54, 1.807) is 60.0 Å². The Morgan fingerprint density at radius 2 is 1.60 bits per heavy atom. The Labute approximate surface area is 212 Å². The number of allylic oxidation sites excluding steroid dienone is 1. The van der Waals surface area contributed by atoms with Gasteiger partial charge < -0.3 is 10.1 Å². The van der Waals surface area contributed by atoms with Gasteiger partial charge in [0, 0.05) is 16.9 Å². The molecule has 0 fully saturated rings. The fourth-order valence-electron chi connectivity index (χ4n) is 3.60. The number of halogens is 1. The first-order valence-corrected chi connectivity index (χ1v) is 13.3. The number of carbonyl (C=O) groups is 1. The number of rotatable bonds is 6. The van der Waals surface area contributed by atoms with Gasteiger partial charge in [0.15, 0.2) is 4.91 Å². The monoisotopic (exact) mass is 522 g/mol. The van der Waals surface area contributed by atoms with E-state index in [1.807, 2.05) is 30.3 Å². The van der Waals surface area contributed by atoms with Gasteiger partial charge in [-0.2, -0.15) is 0 Å². The highest BCUT2D eigenvalue weighted by molar-refractivity contribution is 7.97. The highest BCUT2D eigenvalue weighted by Gasteiger charge is 2.41. The maximum Gasteiger partial charge on any atom is 0.270 e. The third-order valence-corrected chi connectivity index (χ3v) is 8.27. The molecule has 0 bridgehead atoms. The normalized spacial score (nSPS) is 15.6. The van der Waals surface area contributed by atoms with Crippen LogP contribution in [0.15, 0.2) is 101 Å². The van der Waals surface area contributed by atoms with Crippen LogP contribution in [0.3, 0.4) is 0 Å². The third kappa shape index (κ3) is 4.81. The Morgan fingerprint density at radius 3 is 2.31 bits per heavy atom. The molecule has 4 aromatic rings. The van der Waals surface area contributed by atoms with Gasteiger partial charge in [-0.15, -0.1) is 11.3 Å². The maximum absolute atomic E-state index is 13.5. The SMILES string of the molecule is O=C1C(=CNc2ccc(Oc3ccccc3)cc2)S(=O)(=O)N(Cc2ccc(Cl)cc2)c2ccsc21. The number of hydrogen-bond donors (Lipinski definition) is 1. The molecule has 176 valence electrons. The van der Waals surface area contributed by atoms with E-state index in [-0.39, 0.29) is 11.4 Å². The molecule has 0 radical (unpaired) electrons. The molecule has 1 N–H and O–H groups in total. The number of nitrogens with one attached hydrogen (secondary N) is 1. The molecule has 0 saturated carbocycles. The van der Waals surface area contributed by atoms with Crippen LogP contribution in [0.5, 0.6) is 11.5 Å². The zero-order valence-corrected chi connectivity index (χ0v) is 20.6. The summed E-state index contributed by atoms with van der Waals surface area (Å²) in [6.07, 6.45) is 1.25. The van der Waals surface area contributed by atoms with Crippen molar-refractivity contribution < 1.29 is 17.9 Å². The fourth-order valence-corrected chi connectivity index (χ4v) is 6.21. The van der Waals surface area contributed by atoms with Crippen LogP contribution in [-0.2, 0) is 16.6 Å². The van der Waals surface area contributed by atoms with Crippen LogP contribution in [0.1, 0.15) is 15.2 Å². The number of sulfonamides is 1. The zero-order chi connectivity index (χ0) is 24.4. The molecule has 3 aromatic carbocycles. The number of thiophene rings is 1. The molecule has 0 amide bonds. The van der Waals surface area contributed by atoms with Crippen molar-refractivity contribution in [3.8, 4) is 11.5 Å². The summed E-state index contributed by atoms with van der Waals surface area (Å²) in [4.78, 5) is 13.1. The average Bonchev–Trinajstić information content (AvgIpc) is 3.34. The van der Waals surface area contributed by atoms with Crippen LogP contribution >= 0.6 is 22.9 Å². The van der Waals surface area contributed by atoms with Gasteiger partial charge in [0.2, 0.25) is 5.78 Å². The van der Waals surface area contributed by atoms with Gasteiger partial charge in [0.05, 0.1) is 12.2 Å². The Bertz CT molecular complexity index is 1500. The topological polar surface area (TPSA) is 75.7 Å². The number of carbonyl (C=O) groups excluding carboxylic acids is 1. The lowest BCUT2D eigenvalue weighted by Crippen LogP contribution is -2.38. The van der Waals surface area contributed by atoms with Gasteiger partial charge in [-0.05, 0) is 65.5 Å². The highest BCUT2D eigenvalue weighted by atomic mass is 35.5. The van der Waals surface area contributed by atoms with Gasteiger partial charge in [-0.3, -0.25) is 9.10 Å². The number of anilines is 2. The quantitative estimate of drug-likeness (QED) is 0.286. The first-order chi connectivity index (χ1) is 16.9. The van der Waals surface area contributed by atoms with E-state index in [0.717, 1.165) is 5.56 Å². The number of nitrogens with zero attached hydrogens (tertiary/aromatic N) is 1. The summed E-state index contributed by atoms with van der Waals surface area (Å²) in [6.45, 7) is 0.0827. The van der Waals surface area contributed by atoms with Crippen LogP contribution in [0.25, 0.3) is 0 Å². The van der Waals surface area contributed by atoms with Crippen LogP contribution in [-0.4, -0.2) is 14.2 Å². The standard InChI is InChI=1S/C26H19ClN2O4S2/c27-19-8-6-18(7-9-19)17-29-23-14-15-34-26(23)25(30)24(35(29,31)32)16-28-20-10-12-22(13-11-20)33-21-4-2-1-3-5-21/h1-16,28H,17H2. The third-order valence-electron chi connectivity index (χ3n) is 5.35. The Hall–Kier alpha value is -3.59. The van der Waals surface area contributed by atoms with Gasteiger partial charge in [0.1, 0.15) is 16.4 Å².